The van der Waals surface area contributed by atoms with Crippen molar-refractivity contribution in [2.75, 3.05) is 5.32 Å². The van der Waals surface area contributed by atoms with E-state index in [4.69, 9.17) is 5.11 Å². The lowest BCUT2D eigenvalue weighted by Gasteiger charge is -2.15. The van der Waals surface area contributed by atoms with Crippen molar-refractivity contribution >= 4 is 11.7 Å². The molecule has 2 N–H and O–H groups in total. The van der Waals surface area contributed by atoms with Crippen LogP contribution < -0.4 is 10.1 Å². The van der Waals surface area contributed by atoms with Gasteiger partial charge in [-0.1, -0.05) is 13.0 Å². The zero-order chi connectivity index (χ0) is 13.8. The number of carbonyl (C=O) groups is 1. The molecule has 0 aromatic heterocycles. The average Bonchev–Trinajstić information content (AvgIpc) is 2.23. The monoisotopic (exact) mass is 263 g/mol. The van der Waals surface area contributed by atoms with Crippen LogP contribution in [0.25, 0.3) is 0 Å². The molecule has 0 radical (unpaired) electrons. The molecule has 0 saturated heterocycles. The molecule has 0 amide bonds. The molecule has 1 rings (SSSR count). The fourth-order valence-electron chi connectivity index (χ4n) is 1.32. The lowest BCUT2D eigenvalue weighted by molar-refractivity contribution is -0.274. The lowest BCUT2D eigenvalue weighted by atomic mass is 10.2. The molecular formula is C11H12F3NO3. The first kappa shape index (κ1) is 14.1. The molecule has 4 nitrogen and oxygen atoms in total. The summed E-state index contributed by atoms with van der Waals surface area (Å²) in [5.74, 6) is -1.47. The van der Waals surface area contributed by atoms with Gasteiger partial charge in [0.1, 0.15) is 11.8 Å². The van der Waals surface area contributed by atoms with Gasteiger partial charge in [-0.2, -0.15) is 0 Å². The van der Waals surface area contributed by atoms with E-state index in [1.165, 1.54) is 12.1 Å². The summed E-state index contributed by atoms with van der Waals surface area (Å²) in [6.45, 7) is 1.65. The molecule has 100 valence electrons. The molecule has 0 heterocycles. The average molecular weight is 263 g/mol. The van der Waals surface area contributed by atoms with Gasteiger partial charge in [0.05, 0.1) is 0 Å². The SMILES string of the molecule is CCC(Nc1cccc(OC(F)(F)F)c1)C(=O)O. The van der Waals surface area contributed by atoms with Gasteiger partial charge in [-0.05, 0) is 18.6 Å². The molecule has 1 aromatic rings. The summed E-state index contributed by atoms with van der Waals surface area (Å²) in [6, 6.07) is 4.19. The number of anilines is 1. The summed E-state index contributed by atoms with van der Waals surface area (Å²) in [5, 5.41) is 11.4. The van der Waals surface area contributed by atoms with Crippen molar-refractivity contribution in [3.8, 4) is 5.75 Å². The van der Waals surface area contributed by atoms with Crippen LogP contribution in [0.15, 0.2) is 24.3 Å². The van der Waals surface area contributed by atoms with Crippen LogP contribution in [0.1, 0.15) is 13.3 Å². The number of ether oxygens (including phenoxy) is 1. The third kappa shape index (κ3) is 4.52. The van der Waals surface area contributed by atoms with Crippen LogP contribution in [-0.2, 0) is 4.79 Å². The number of alkyl halides is 3. The molecule has 0 spiro atoms. The van der Waals surface area contributed by atoms with Crippen molar-refractivity contribution in [3.63, 3.8) is 0 Å². The Hall–Kier alpha value is -1.92. The molecule has 0 aliphatic rings. The summed E-state index contributed by atoms with van der Waals surface area (Å²) in [7, 11) is 0. The van der Waals surface area contributed by atoms with Gasteiger partial charge in [0, 0.05) is 11.8 Å². The van der Waals surface area contributed by atoms with Crippen molar-refractivity contribution < 1.29 is 27.8 Å². The number of aliphatic carboxylic acids is 1. The van der Waals surface area contributed by atoms with E-state index in [1.54, 1.807) is 6.92 Å². The Kier molecular flexibility index (Phi) is 4.41. The summed E-state index contributed by atoms with van der Waals surface area (Å²) >= 11 is 0. The fraction of sp³-hybridized carbons (Fsp3) is 0.364. The molecule has 18 heavy (non-hydrogen) atoms. The Morgan fingerprint density at radius 1 is 1.50 bits per heavy atom. The molecule has 0 fully saturated rings. The number of halogens is 3. The normalized spacial score (nSPS) is 12.9. The highest BCUT2D eigenvalue weighted by Gasteiger charge is 2.31. The maximum absolute atomic E-state index is 12.0. The number of hydrogen-bond donors (Lipinski definition) is 2. The minimum absolute atomic E-state index is 0.256. The fourth-order valence-corrected chi connectivity index (χ4v) is 1.32. The Balaban J connectivity index is 2.79. The van der Waals surface area contributed by atoms with Crippen LogP contribution in [0, 0.1) is 0 Å². The van der Waals surface area contributed by atoms with Gasteiger partial charge in [0.15, 0.2) is 0 Å². The second-order valence-corrected chi connectivity index (χ2v) is 3.52. The molecule has 1 aromatic carbocycles. The molecule has 7 heteroatoms. The summed E-state index contributed by atoms with van der Waals surface area (Å²) in [4.78, 5) is 10.8. The highest BCUT2D eigenvalue weighted by Crippen LogP contribution is 2.25. The van der Waals surface area contributed by atoms with Crippen molar-refractivity contribution in [2.45, 2.75) is 25.7 Å². The van der Waals surface area contributed by atoms with Crippen molar-refractivity contribution in [1.82, 2.24) is 0 Å². The van der Waals surface area contributed by atoms with E-state index >= 15 is 0 Å². The second kappa shape index (κ2) is 5.61. The van der Waals surface area contributed by atoms with Crippen molar-refractivity contribution in [2.24, 2.45) is 0 Å². The molecule has 0 saturated carbocycles. The highest BCUT2D eigenvalue weighted by molar-refractivity contribution is 5.77. The van der Waals surface area contributed by atoms with Gasteiger partial charge in [-0.15, -0.1) is 13.2 Å². The maximum atomic E-state index is 12.0. The Morgan fingerprint density at radius 3 is 2.67 bits per heavy atom. The maximum Gasteiger partial charge on any atom is 0.573 e. The van der Waals surface area contributed by atoms with Crippen molar-refractivity contribution in [1.29, 1.82) is 0 Å². The van der Waals surface area contributed by atoms with Crippen LogP contribution in [0.3, 0.4) is 0 Å². The summed E-state index contributed by atoms with van der Waals surface area (Å²) in [6.07, 6.45) is -4.46. The van der Waals surface area contributed by atoms with Gasteiger partial charge in [-0.25, -0.2) is 4.79 Å². The van der Waals surface area contributed by atoms with Crippen LogP contribution in [0.2, 0.25) is 0 Å². The molecule has 1 unspecified atom stereocenters. The van der Waals surface area contributed by atoms with Crippen LogP contribution >= 0.6 is 0 Å². The molecule has 1 atom stereocenters. The zero-order valence-corrected chi connectivity index (χ0v) is 9.49. The van der Waals surface area contributed by atoms with Gasteiger partial charge in [0.25, 0.3) is 0 Å². The zero-order valence-electron chi connectivity index (χ0n) is 9.49. The van der Waals surface area contributed by atoms with E-state index in [-0.39, 0.29) is 5.69 Å². The van der Waals surface area contributed by atoms with Crippen LogP contribution in [0.4, 0.5) is 18.9 Å². The highest BCUT2D eigenvalue weighted by atomic mass is 19.4. The largest absolute Gasteiger partial charge is 0.573 e. The minimum Gasteiger partial charge on any atom is -0.480 e. The van der Waals surface area contributed by atoms with Crippen LogP contribution in [0.5, 0.6) is 5.75 Å². The topological polar surface area (TPSA) is 58.6 Å². The third-order valence-corrected chi connectivity index (χ3v) is 2.11. The summed E-state index contributed by atoms with van der Waals surface area (Å²) in [5.41, 5.74) is 0.256. The van der Waals surface area contributed by atoms with Gasteiger partial charge >= 0.3 is 12.3 Å². The standard InChI is InChI=1S/C11H12F3NO3/c1-2-9(10(16)17)15-7-4-3-5-8(6-7)18-11(12,13)14/h3-6,9,15H,2H2,1H3,(H,16,17). The quantitative estimate of drug-likeness (QED) is 0.857. The Bertz CT molecular complexity index is 420. The lowest BCUT2D eigenvalue weighted by Crippen LogP contribution is -2.28. The van der Waals surface area contributed by atoms with E-state index < -0.39 is 24.1 Å². The molecule has 0 aliphatic carbocycles. The number of carboxylic acid groups (broad SMARTS) is 1. The smallest absolute Gasteiger partial charge is 0.480 e. The molecule has 0 bridgehead atoms. The number of carboxylic acids is 1. The van der Waals surface area contributed by atoms with Crippen LogP contribution in [-0.4, -0.2) is 23.5 Å². The second-order valence-electron chi connectivity index (χ2n) is 3.52. The predicted octanol–water partition coefficient (Wildman–Crippen LogP) is 2.86. The Morgan fingerprint density at radius 2 is 2.17 bits per heavy atom. The number of hydrogen-bond acceptors (Lipinski definition) is 3. The third-order valence-electron chi connectivity index (χ3n) is 2.11. The van der Waals surface area contributed by atoms with Gasteiger partial charge in [-0.3, -0.25) is 0 Å². The van der Waals surface area contributed by atoms with E-state index in [1.807, 2.05) is 0 Å². The summed E-state index contributed by atoms with van der Waals surface area (Å²) < 4.78 is 39.7. The Labute approximate surface area is 101 Å². The number of nitrogens with one attached hydrogen (secondary N) is 1. The molecule has 0 aliphatic heterocycles. The predicted molar refractivity (Wildman–Crippen MR) is 58.5 cm³/mol. The first-order valence-corrected chi connectivity index (χ1v) is 5.17. The first-order valence-electron chi connectivity index (χ1n) is 5.17. The number of rotatable bonds is 5. The first-order chi connectivity index (χ1) is 8.31. The van der Waals surface area contributed by atoms with E-state index in [0.29, 0.717) is 6.42 Å². The van der Waals surface area contributed by atoms with E-state index in [9.17, 15) is 18.0 Å². The van der Waals surface area contributed by atoms with Gasteiger partial charge in [0.2, 0.25) is 0 Å². The van der Waals surface area contributed by atoms with Crippen molar-refractivity contribution in [3.05, 3.63) is 24.3 Å². The van der Waals surface area contributed by atoms with E-state index in [0.717, 1.165) is 12.1 Å². The minimum atomic E-state index is -4.77. The van der Waals surface area contributed by atoms with E-state index in [2.05, 4.69) is 10.1 Å². The molecular weight excluding hydrogens is 251 g/mol. The number of benzene rings is 1. The van der Waals surface area contributed by atoms with Gasteiger partial charge < -0.3 is 15.2 Å².